The summed E-state index contributed by atoms with van der Waals surface area (Å²) in [5.41, 5.74) is 1.22. The fourth-order valence-electron chi connectivity index (χ4n) is 1.72. The van der Waals surface area contributed by atoms with E-state index < -0.39 is 10.8 Å². The van der Waals surface area contributed by atoms with Crippen LogP contribution in [0.25, 0.3) is 0 Å². The first-order chi connectivity index (χ1) is 8.17. The highest BCUT2D eigenvalue weighted by Crippen LogP contribution is 2.14. The van der Waals surface area contributed by atoms with E-state index in [-0.39, 0.29) is 6.04 Å². The van der Waals surface area contributed by atoms with Crippen molar-refractivity contribution in [3.8, 4) is 0 Å². The van der Waals surface area contributed by atoms with Gasteiger partial charge in [0.05, 0.1) is 0 Å². The van der Waals surface area contributed by atoms with Crippen LogP contribution in [0.15, 0.2) is 30.3 Å². The molecule has 1 aromatic rings. The Morgan fingerprint density at radius 1 is 1.24 bits per heavy atom. The zero-order chi connectivity index (χ0) is 12.7. The average Bonchev–Trinajstić information content (AvgIpc) is 2.36. The van der Waals surface area contributed by atoms with E-state index in [1.54, 1.807) is 0 Å². The summed E-state index contributed by atoms with van der Waals surface area (Å²) in [6, 6.07) is 10.4. The SMILES string of the molecule is CCC(C)CS(=O)CC(NC)c1ccccc1. The quantitative estimate of drug-likeness (QED) is 0.809. The Bertz CT molecular complexity index is 339. The van der Waals surface area contributed by atoms with Crippen molar-refractivity contribution in [2.24, 2.45) is 5.92 Å². The van der Waals surface area contributed by atoms with Gasteiger partial charge in [-0.15, -0.1) is 0 Å². The molecule has 3 atom stereocenters. The molecule has 0 bridgehead atoms. The average molecular weight is 253 g/mol. The van der Waals surface area contributed by atoms with Gasteiger partial charge in [-0.1, -0.05) is 50.6 Å². The standard InChI is InChI=1S/C14H23NOS/c1-4-12(2)10-17(16)11-14(15-3)13-8-6-5-7-9-13/h5-9,12,14-15H,4,10-11H2,1-3H3. The van der Waals surface area contributed by atoms with Crippen molar-refractivity contribution in [3.05, 3.63) is 35.9 Å². The first-order valence-electron chi connectivity index (χ1n) is 6.24. The second-order valence-corrected chi connectivity index (χ2v) is 6.08. The Labute approximate surface area is 107 Å². The predicted molar refractivity (Wildman–Crippen MR) is 75.6 cm³/mol. The van der Waals surface area contributed by atoms with Gasteiger partial charge in [0.15, 0.2) is 0 Å². The van der Waals surface area contributed by atoms with Crippen molar-refractivity contribution in [2.45, 2.75) is 26.3 Å². The second-order valence-electron chi connectivity index (χ2n) is 4.54. The number of hydrogen-bond acceptors (Lipinski definition) is 2. The van der Waals surface area contributed by atoms with Gasteiger partial charge in [0.25, 0.3) is 0 Å². The minimum Gasteiger partial charge on any atom is -0.312 e. The van der Waals surface area contributed by atoms with Gasteiger partial charge < -0.3 is 5.32 Å². The van der Waals surface area contributed by atoms with E-state index in [0.717, 1.165) is 12.2 Å². The summed E-state index contributed by atoms with van der Waals surface area (Å²) in [5, 5.41) is 3.25. The van der Waals surface area contributed by atoms with Crippen LogP contribution >= 0.6 is 0 Å². The highest BCUT2D eigenvalue weighted by molar-refractivity contribution is 7.85. The summed E-state index contributed by atoms with van der Waals surface area (Å²) >= 11 is 0. The van der Waals surface area contributed by atoms with Crippen molar-refractivity contribution in [3.63, 3.8) is 0 Å². The molecule has 0 saturated carbocycles. The van der Waals surface area contributed by atoms with Crippen LogP contribution in [0.1, 0.15) is 31.9 Å². The third-order valence-corrected chi connectivity index (χ3v) is 4.72. The molecule has 0 spiro atoms. The lowest BCUT2D eigenvalue weighted by atomic mass is 10.1. The van der Waals surface area contributed by atoms with Gasteiger partial charge in [0.1, 0.15) is 0 Å². The normalized spacial score (nSPS) is 16.4. The molecule has 0 heterocycles. The van der Waals surface area contributed by atoms with Crippen molar-refractivity contribution < 1.29 is 4.21 Å². The fourth-order valence-corrected chi connectivity index (χ4v) is 3.46. The lowest BCUT2D eigenvalue weighted by molar-refractivity contribution is 0.602. The Balaban J connectivity index is 2.56. The highest BCUT2D eigenvalue weighted by Gasteiger charge is 2.14. The molecule has 0 aliphatic rings. The summed E-state index contributed by atoms with van der Waals surface area (Å²) in [6.07, 6.45) is 1.10. The number of rotatable bonds is 7. The van der Waals surface area contributed by atoms with Crippen LogP contribution in [0.3, 0.4) is 0 Å². The molecule has 0 aliphatic heterocycles. The molecule has 2 nitrogen and oxygen atoms in total. The molecule has 1 N–H and O–H groups in total. The van der Waals surface area contributed by atoms with Crippen LogP contribution in [-0.4, -0.2) is 22.8 Å². The lowest BCUT2D eigenvalue weighted by Gasteiger charge is -2.17. The van der Waals surface area contributed by atoms with Gasteiger partial charge in [-0.25, -0.2) is 0 Å². The van der Waals surface area contributed by atoms with Crippen molar-refractivity contribution in [1.29, 1.82) is 0 Å². The maximum absolute atomic E-state index is 12.0. The van der Waals surface area contributed by atoms with Crippen molar-refractivity contribution in [1.82, 2.24) is 5.32 Å². The molecule has 1 rings (SSSR count). The smallest absolute Gasteiger partial charge is 0.0434 e. The van der Waals surface area contributed by atoms with E-state index in [4.69, 9.17) is 0 Å². The van der Waals surface area contributed by atoms with Crippen LogP contribution in [0.4, 0.5) is 0 Å². The zero-order valence-electron chi connectivity index (χ0n) is 11.0. The summed E-state index contributed by atoms with van der Waals surface area (Å²) in [7, 11) is 1.19. The Hall–Kier alpha value is -0.670. The minimum absolute atomic E-state index is 0.195. The molecule has 0 aromatic heterocycles. The highest BCUT2D eigenvalue weighted by atomic mass is 32.2. The number of benzene rings is 1. The Kier molecular flexibility index (Phi) is 6.45. The van der Waals surface area contributed by atoms with E-state index in [9.17, 15) is 4.21 Å². The van der Waals surface area contributed by atoms with E-state index in [1.165, 1.54) is 5.56 Å². The van der Waals surface area contributed by atoms with Gasteiger partial charge >= 0.3 is 0 Å². The minimum atomic E-state index is -0.743. The van der Waals surface area contributed by atoms with Crippen LogP contribution in [0.2, 0.25) is 0 Å². The molecule has 0 aliphatic carbocycles. The monoisotopic (exact) mass is 253 g/mol. The van der Waals surface area contributed by atoms with Gasteiger partial charge in [-0.05, 0) is 18.5 Å². The second kappa shape index (κ2) is 7.62. The summed E-state index contributed by atoms with van der Waals surface area (Å²) in [5.74, 6) is 2.05. The van der Waals surface area contributed by atoms with Crippen LogP contribution < -0.4 is 5.32 Å². The molecular weight excluding hydrogens is 230 g/mol. The lowest BCUT2D eigenvalue weighted by Crippen LogP contribution is -2.24. The van der Waals surface area contributed by atoms with Crippen molar-refractivity contribution in [2.75, 3.05) is 18.6 Å². The molecule has 0 radical (unpaired) electrons. The molecule has 3 unspecified atom stereocenters. The number of hydrogen-bond donors (Lipinski definition) is 1. The summed E-state index contributed by atoms with van der Waals surface area (Å²) < 4.78 is 12.0. The van der Waals surface area contributed by atoms with E-state index in [0.29, 0.717) is 11.7 Å². The molecule has 0 saturated heterocycles. The topological polar surface area (TPSA) is 29.1 Å². The van der Waals surface area contributed by atoms with E-state index >= 15 is 0 Å². The van der Waals surface area contributed by atoms with Crippen LogP contribution in [-0.2, 0) is 10.8 Å². The molecular formula is C14H23NOS. The van der Waals surface area contributed by atoms with Gasteiger partial charge in [0, 0.05) is 28.3 Å². The molecule has 0 amide bonds. The van der Waals surface area contributed by atoms with Crippen LogP contribution in [0.5, 0.6) is 0 Å². The van der Waals surface area contributed by atoms with Crippen molar-refractivity contribution >= 4 is 10.8 Å². The molecule has 1 aromatic carbocycles. The maximum Gasteiger partial charge on any atom is 0.0434 e. The predicted octanol–water partition coefficient (Wildman–Crippen LogP) is 2.74. The largest absolute Gasteiger partial charge is 0.312 e. The third kappa shape index (κ3) is 5.00. The van der Waals surface area contributed by atoms with Gasteiger partial charge in [0.2, 0.25) is 0 Å². The van der Waals surface area contributed by atoms with E-state index in [2.05, 4.69) is 31.3 Å². The maximum atomic E-state index is 12.0. The first-order valence-corrected chi connectivity index (χ1v) is 7.73. The first kappa shape index (κ1) is 14.4. The molecule has 0 fully saturated rings. The van der Waals surface area contributed by atoms with Gasteiger partial charge in [-0.2, -0.15) is 0 Å². The fraction of sp³-hybridized carbons (Fsp3) is 0.571. The zero-order valence-corrected chi connectivity index (χ0v) is 11.8. The molecule has 96 valence electrons. The van der Waals surface area contributed by atoms with E-state index in [1.807, 2.05) is 25.2 Å². The molecule has 17 heavy (non-hydrogen) atoms. The Morgan fingerprint density at radius 3 is 2.41 bits per heavy atom. The third-order valence-electron chi connectivity index (χ3n) is 3.07. The Morgan fingerprint density at radius 2 is 1.88 bits per heavy atom. The van der Waals surface area contributed by atoms with Gasteiger partial charge in [-0.3, -0.25) is 4.21 Å². The number of nitrogens with one attached hydrogen (secondary N) is 1. The molecule has 3 heteroatoms. The summed E-state index contributed by atoms with van der Waals surface area (Å²) in [4.78, 5) is 0. The summed E-state index contributed by atoms with van der Waals surface area (Å²) in [6.45, 7) is 4.31. The van der Waals surface area contributed by atoms with Crippen LogP contribution in [0, 0.1) is 5.92 Å².